The van der Waals surface area contributed by atoms with Crippen molar-refractivity contribution in [3.8, 4) is 5.75 Å². The van der Waals surface area contributed by atoms with Crippen molar-refractivity contribution >= 4 is 39.1 Å². The first-order valence-corrected chi connectivity index (χ1v) is 19.2. The summed E-state index contributed by atoms with van der Waals surface area (Å²) in [5, 5.41) is -0.317. The molecule has 0 unspecified atom stereocenters. The summed E-state index contributed by atoms with van der Waals surface area (Å²) in [4.78, 5) is 33.4. The summed E-state index contributed by atoms with van der Waals surface area (Å²) in [6.07, 6.45) is 4.94. The van der Waals surface area contributed by atoms with Gasteiger partial charge in [0.15, 0.2) is 0 Å². The van der Waals surface area contributed by atoms with Gasteiger partial charge in [0.2, 0.25) is 15.9 Å². The van der Waals surface area contributed by atoms with Crippen LogP contribution in [0.5, 0.6) is 5.75 Å². The number of carbonyl (C=O) groups is 2. The van der Waals surface area contributed by atoms with E-state index < -0.39 is 44.4 Å². The lowest BCUT2D eigenvalue weighted by atomic mass is 9.70. The second-order valence-corrected chi connectivity index (χ2v) is 16.8. The van der Waals surface area contributed by atoms with Crippen LogP contribution in [-0.2, 0) is 31.4 Å². The summed E-state index contributed by atoms with van der Waals surface area (Å²) >= 11 is 6.42. The summed E-state index contributed by atoms with van der Waals surface area (Å²) < 4.78 is 57.5. The SMILES string of the molecule is C[C@@H]1[C@@H](C)C/C=C(\F)[C@H](C(=O)N2CCOCC2)N2CC[C@H]2CN2C[C@@]3(CCCc4cc(Cl)ccc43)COc3ccc(cc32)C(=O)NS1(=O)=O. The van der Waals surface area contributed by atoms with Crippen LogP contribution in [0.2, 0.25) is 5.02 Å². The normalized spacial score (nSPS) is 31.6. The number of anilines is 1. The molecule has 0 aromatic heterocycles. The van der Waals surface area contributed by atoms with Crippen molar-refractivity contribution in [3.63, 3.8) is 0 Å². The van der Waals surface area contributed by atoms with Crippen LogP contribution >= 0.6 is 11.6 Å². The van der Waals surface area contributed by atoms with Gasteiger partial charge in [0, 0.05) is 54.8 Å². The maximum atomic E-state index is 16.4. The Balaban J connectivity index is 1.32. The zero-order chi connectivity index (χ0) is 34.5. The zero-order valence-corrected chi connectivity index (χ0v) is 29.6. The molecule has 2 bridgehead atoms. The van der Waals surface area contributed by atoms with E-state index in [0.717, 1.165) is 25.7 Å². The Morgan fingerprint density at radius 1 is 1.10 bits per heavy atom. The average molecular weight is 715 g/mol. The third-order valence-electron chi connectivity index (χ3n) is 11.3. The predicted molar refractivity (Wildman–Crippen MR) is 185 cm³/mol. The van der Waals surface area contributed by atoms with Crippen LogP contribution < -0.4 is 14.4 Å². The molecule has 264 valence electrons. The number of amides is 2. The maximum absolute atomic E-state index is 16.4. The number of sulfonamides is 1. The van der Waals surface area contributed by atoms with Gasteiger partial charge in [-0.25, -0.2) is 17.5 Å². The van der Waals surface area contributed by atoms with Crippen LogP contribution in [-0.4, -0.2) is 99.9 Å². The Morgan fingerprint density at radius 2 is 1.90 bits per heavy atom. The molecule has 1 N–H and O–H groups in total. The number of aryl methyl sites for hydroxylation is 1. The molecule has 2 amide bonds. The third-order valence-corrected chi connectivity index (χ3v) is 13.4. The number of allylic oxidation sites excluding steroid dienone is 1. The number of hydrogen-bond acceptors (Lipinski definition) is 8. The molecule has 2 aromatic carbocycles. The fourth-order valence-electron chi connectivity index (χ4n) is 8.07. The summed E-state index contributed by atoms with van der Waals surface area (Å²) in [5.74, 6) is -1.56. The fraction of sp³-hybridized carbons (Fsp3) is 0.556. The molecule has 0 radical (unpaired) electrons. The van der Waals surface area contributed by atoms with Crippen LogP contribution in [0.4, 0.5) is 10.1 Å². The van der Waals surface area contributed by atoms with Gasteiger partial charge in [-0.2, -0.15) is 0 Å². The summed E-state index contributed by atoms with van der Waals surface area (Å²) in [6, 6.07) is 9.77. The number of ether oxygens (including phenoxy) is 2. The molecule has 2 saturated heterocycles. The molecular weight excluding hydrogens is 671 g/mol. The molecule has 1 spiro atoms. The Bertz CT molecular complexity index is 1770. The van der Waals surface area contributed by atoms with Crippen molar-refractivity contribution in [2.75, 3.05) is 57.4 Å². The van der Waals surface area contributed by atoms with Crippen LogP contribution in [0.15, 0.2) is 48.3 Å². The standard InChI is InChI=1S/C36H44ClFN4O6S/c1-23-5-9-30(38)33(35(44)40-14-16-47-17-15-40)42-13-11-28(42)20-41-21-36(12-3-4-25-18-27(37)7-8-29(25)36)22-48-32-10-6-26(19-31(32)41)34(43)39-49(45,46)24(23)2/h6-10,18-19,23-24,28,33H,3-5,11-17,20-22H2,1-2H3,(H,39,43)/b30-9-/t23-,24+,28-,33+,36-/m0/s1. The summed E-state index contributed by atoms with van der Waals surface area (Å²) in [7, 11) is -4.12. The minimum Gasteiger partial charge on any atom is -0.490 e. The van der Waals surface area contributed by atoms with Gasteiger partial charge in [-0.3, -0.25) is 14.5 Å². The quantitative estimate of drug-likeness (QED) is 0.462. The Hall–Kier alpha value is -3.19. The number of nitrogens with one attached hydrogen (secondary N) is 1. The number of hydrogen-bond donors (Lipinski definition) is 1. The van der Waals surface area contributed by atoms with Gasteiger partial charge in [-0.1, -0.05) is 30.7 Å². The van der Waals surface area contributed by atoms with Gasteiger partial charge in [0.1, 0.15) is 17.6 Å². The Labute approximate surface area is 292 Å². The van der Waals surface area contributed by atoms with Gasteiger partial charge in [0.05, 0.1) is 30.8 Å². The molecule has 5 atom stereocenters. The smallest absolute Gasteiger partial charge is 0.264 e. The van der Waals surface area contributed by atoms with E-state index in [1.807, 2.05) is 17.0 Å². The first kappa shape index (κ1) is 34.3. The highest BCUT2D eigenvalue weighted by atomic mass is 35.5. The van der Waals surface area contributed by atoms with Gasteiger partial charge < -0.3 is 19.3 Å². The number of halogens is 2. The monoisotopic (exact) mass is 714 g/mol. The Morgan fingerprint density at radius 3 is 2.65 bits per heavy atom. The van der Waals surface area contributed by atoms with Crippen LogP contribution in [0, 0.1) is 5.92 Å². The largest absolute Gasteiger partial charge is 0.490 e. The molecule has 2 fully saturated rings. The third kappa shape index (κ3) is 6.57. The van der Waals surface area contributed by atoms with Gasteiger partial charge in [0.25, 0.3) is 5.91 Å². The number of fused-ring (bicyclic) bond motifs is 4. The van der Waals surface area contributed by atoms with E-state index in [1.54, 1.807) is 30.0 Å². The molecule has 13 heteroatoms. The Kier molecular flexibility index (Phi) is 9.44. The lowest BCUT2D eigenvalue weighted by Gasteiger charge is -2.49. The summed E-state index contributed by atoms with van der Waals surface area (Å²) in [6.45, 7) is 6.74. The highest BCUT2D eigenvalue weighted by Crippen LogP contribution is 2.45. The van der Waals surface area contributed by atoms with Gasteiger partial charge in [-0.05, 0) is 86.4 Å². The van der Waals surface area contributed by atoms with Crippen molar-refractivity contribution < 1.29 is 31.9 Å². The van der Waals surface area contributed by atoms with Crippen molar-refractivity contribution in [2.24, 2.45) is 5.92 Å². The van der Waals surface area contributed by atoms with E-state index in [9.17, 15) is 18.0 Å². The van der Waals surface area contributed by atoms with E-state index in [-0.39, 0.29) is 23.9 Å². The number of morpholine rings is 1. The van der Waals surface area contributed by atoms with Crippen LogP contribution in [0.3, 0.4) is 0 Å². The molecule has 4 heterocycles. The van der Waals surface area contributed by atoms with Crippen LogP contribution in [0.25, 0.3) is 0 Å². The van der Waals surface area contributed by atoms with Crippen molar-refractivity contribution in [2.45, 2.75) is 68.7 Å². The van der Waals surface area contributed by atoms with Crippen molar-refractivity contribution in [1.82, 2.24) is 14.5 Å². The van der Waals surface area contributed by atoms with E-state index in [1.165, 1.54) is 24.1 Å². The molecule has 0 saturated carbocycles. The van der Waals surface area contributed by atoms with Crippen LogP contribution in [0.1, 0.15) is 61.0 Å². The number of carbonyl (C=O) groups excluding carboxylic acids is 2. The molecular formula is C36H44ClFN4O6S. The van der Waals surface area contributed by atoms with Crippen molar-refractivity contribution in [3.05, 3.63) is 70.0 Å². The molecule has 5 aliphatic rings. The van der Waals surface area contributed by atoms with E-state index in [4.69, 9.17) is 21.1 Å². The second-order valence-electron chi connectivity index (χ2n) is 14.3. The molecule has 10 nitrogen and oxygen atoms in total. The first-order valence-electron chi connectivity index (χ1n) is 17.3. The number of nitrogens with zero attached hydrogens (tertiary/aromatic N) is 3. The molecule has 2 aromatic rings. The maximum Gasteiger partial charge on any atom is 0.264 e. The number of rotatable bonds is 1. The average Bonchev–Trinajstić information content (AvgIpc) is 3.23. The van der Waals surface area contributed by atoms with E-state index in [2.05, 4.69) is 15.7 Å². The topological polar surface area (TPSA) is 108 Å². The fourth-order valence-corrected chi connectivity index (χ4v) is 9.55. The molecule has 49 heavy (non-hydrogen) atoms. The molecule has 4 aliphatic heterocycles. The van der Waals surface area contributed by atoms with Gasteiger partial charge in [-0.15, -0.1) is 0 Å². The second kappa shape index (κ2) is 13.5. The van der Waals surface area contributed by atoms with E-state index in [0.29, 0.717) is 69.0 Å². The molecule has 7 rings (SSSR count). The summed E-state index contributed by atoms with van der Waals surface area (Å²) in [5.41, 5.74) is 2.83. The lowest BCUT2D eigenvalue weighted by Crippen LogP contribution is -2.63. The number of benzene rings is 2. The van der Waals surface area contributed by atoms with Gasteiger partial charge >= 0.3 is 0 Å². The first-order chi connectivity index (χ1) is 23.5. The predicted octanol–water partition coefficient (Wildman–Crippen LogP) is 4.46. The molecule has 1 aliphatic carbocycles. The minimum atomic E-state index is -4.12. The van der Waals surface area contributed by atoms with Crippen molar-refractivity contribution in [1.29, 1.82) is 0 Å². The highest BCUT2D eigenvalue weighted by Gasteiger charge is 2.46. The van der Waals surface area contributed by atoms with E-state index >= 15 is 4.39 Å². The lowest BCUT2D eigenvalue weighted by molar-refractivity contribution is -0.143. The highest BCUT2D eigenvalue weighted by molar-refractivity contribution is 7.90. The minimum absolute atomic E-state index is 0.0851. The zero-order valence-electron chi connectivity index (χ0n) is 28.0.